The van der Waals surface area contributed by atoms with Gasteiger partial charge in [0.25, 0.3) is 7.82 Å². The highest BCUT2D eigenvalue weighted by Crippen LogP contribution is 2.38. The SMILES string of the molecule is CC/C=C\C/C=C\C/C=C\C/C=C\C/C=C\C/C=C\C/C=C\C/C=C\C/C=C\CCCCCCCCCCCCCCCC(=O)OC(COC(=O)CCCCCCCCCC/C=C\C/C=C\C/C=C\C/C=C\CC)COP(=O)([O-])OCC[N+](C)(C)C. The molecule has 9 nitrogen and oxygen atoms in total. The van der Waals surface area contributed by atoms with Crippen LogP contribution >= 0.6 is 7.82 Å². The molecule has 0 fully saturated rings. The van der Waals surface area contributed by atoms with E-state index in [1.165, 1.54) is 89.9 Å². The van der Waals surface area contributed by atoms with Gasteiger partial charge in [-0.05, 0) is 122 Å². The first-order valence-corrected chi connectivity index (χ1v) is 35.7. The van der Waals surface area contributed by atoms with Gasteiger partial charge in [0.15, 0.2) is 6.10 Å². The van der Waals surface area contributed by atoms with Crippen LogP contribution in [0.3, 0.4) is 0 Å². The monoisotopic (exact) mass is 1210 g/mol. The van der Waals surface area contributed by atoms with Crippen molar-refractivity contribution in [2.24, 2.45) is 0 Å². The fourth-order valence-corrected chi connectivity index (χ4v) is 9.60. The zero-order valence-corrected chi connectivity index (χ0v) is 56.3. The molecule has 0 aromatic rings. The summed E-state index contributed by atoms with van der Waals surface area (Å²) in [6.45, 7) is 4.00. The zero-order valence-electron chi connectivity index (χ0n) is 55.4. The van der Waals surface area contributed by atoms with Crippen LogP contribution < -0.4 is 4.89 Å². The third kappa shape index (κ3) is 68.7. The fraction of sp³-hybridized carbons (Fsp3) is 0.632. The van der Waals surface area contributed by atoms with Gasteiger partial charge in [0, 0.05) is 12.8 Å². The summed E-state index contributed by atoms with van der Waals surface area (Å²) in [5, 5.41) is 0. The first-order valence-electron chi connectivity index (χ1n) is 34.2. The van der Waals surface area contributed by atoms with Crippen molar-refractivity contribution < 1.29 is 42.1 Å². The molecule has 86 heavy (non-hydrogen) atoms. The van der Waals surface area contributed by atoms with Crippen LogP contribution in [0.15, 0.2) is 158 Å². The molecule has 10 heteroatoms. The number of rotatable bonds is 61. The minimum atomic E-state index is -4.65. The number of hydrogen-bond acceptors (Lipinski definition) is 8. The summed E-state index contributed by atoms with van der Waals surface area (Å²) in [5.74, 6) is -0.849. The van der Waals surface area contributed by atoms with Crippen molar-refractivity contribution in [2.75, 3.05) is 47.5 Å². The normalized spacial score (nSPS) is 14.2. The maximum Gasteiger partial charge on any atom is 0.306 e. The molecule has 0 spiro atoms. The van der Waals surface area contributed by atoms with Crippen LogP contribution in [0, 0.1) is 0 Å². The topological polar surface area (TPSA) is 111 Å². The molecule has 0 aromatic carbocycles. The van der Waals surface area contributed by atoms with E-state index in [1.807, 2.05) is 21.1 Å². The summed E-state index contributed by atoms with van der Waals surface area (Å²) in [7, 11) is 1.15. The summed E-state index contributed by atoms with van der Waals surface area (Å²) in [6.07, 6.45) is 97.4. The van der Waals surface area contributed by atoms with E-state index in [-0.39, 0.29) is 26.1 Å². The lowest BCUT2D eigenvalue weighted by Gasteiger charge is -2.28. The minimum Gasteiger partial charge on any atom is -0.756 e. The Kier molecular flexibility index (Phi) is 61.8. The summed E-state index contributed by atoms with van der Waals surface area (Å²) in [5.41, 5.74) is 0. The number of nitrogens with zero attached hydrogens (tertiary/aromatic N) is 1. The second kappa shape index (κ2) is 65.1. The van der Waals surface area contributed by atoms with Gasteiger partial charge in [0.1, 0.15) is 19.8 Å². The predicted molar refractivity (Wildman–Crippen MR) is 369 cm³/mol. The first-order chi connectivity index (χ1) is 42.0. The molecule has 0 aliphatic heterocycles. The Morgan fingerprint density at radius 1 is 0.360 bits per heavy atom. The second-order valence-corrected chi connectivity index (χ2v) is 24.8. The molecule has 0 amide bonds. The Hall–Kier alpha value is -4.37. The summed E-state index contributed by atoms with van der Waals surface area (Å²) >= 11 is 0. The van der Waals surface area contributed by atoms with Crippen LogP contribution in [0.25, 0.3) is 0 Å². The van der Waals surface area contributed by atoms with Gasteiger partial charge in [-0.2, -0.15) is 0 Å². The van der Waals surface area contributed by atoms with E-state index < -0.39 is 32.5 Å². The molecule has 0 heterocycles. The number of carbonyl (C=O) groups excluding carboxylic acids is 2. The van der Waals surface area contributed by atoms with Crippen LogP contribution in [-0.4, -0.2) is 70.0 Å². The Labute approximate surface area is 528 Å². The van der Waals surface area contributed by atoms with Gasteiger partial charge >= 0.3 is 11.9 Å². The van der Waals surface area contributed by atoms with E-state index in [9.17, 15) is 19.0 Å². The molecule has 0 aromatic heterocycles. The molecular weight excluding hydrogens is 1090 g/mol. The average Bonchev–Trinajstić information content (AvgIpc) is 3.70. The number of hydrogen-bond donors (Lipinski definition) is 0. The number of allylic oxidation sites excluding steroid dienone is 26. The number of carbonyl (C=O) groups is 2. The van der Waals surface area contributed by atoms with Crippen LogP contribution in [0.5, 0.6) is 0 Å². The quantitative estimate of drug-likeness (QED) is 0.0195. The second-order valence-electron chi connectivity index (χ2n) is 23.4. The molecule has 0 saturated heterocycles. The van der Waals surface area contributed by atoms with E-state index in [2.05, 4.69) is 172 Å². The van der Waals surface area contributed by atoms with Crippen LogP contribution in [-0.2, 0) is 32.7 Å². The van der Waals surface area contributed by atoms with Crippen LogP contribution in [0.2, 0.25) is 0 Å². The molecule has 0 aliphatic rings. The van der Waals surface area contributed by atoms with Gasteiger partial charge in [-0.25, -0.2) is 0 Å². The molecule has 0 saturated carbocycles. The Balaban J connectivity index is 4.07. The highest BCUT2D eigenvalue weighted by atomic mass is 31.2. The van der Waals surface area contributed by atoms with Crippen LogP contribution in [0.1, 0.15) is 258 Å². The highest BCUT2D eigenvalue weighted by Gasteiger charge is 2.22. The van der Waals surface area contributed by atoms with Crippen molar-refractivity contribution in [3.63, 3.8) is 0 Å². The smallest absolute Gasteiger partial charge is 0.306 e. The first kappa shape index (κ1) is 81.6. The lowest BCUT2D eigenvalue weighted by atomic mass is 10.0. The van der Waals surface area contributed by atoms with Crippen LogP contribution in [0.4, 0.5) is 0 Å². The standard InChI is InChI=1S/C76H126NO8P/c1-6-8-10-12-14-16-18-20-22-24-26-28-29-30-31-32-33-34-35-36-37-38-39-40-41-42-43-44-45-46-47-49-51-53-55-57-59-61-63-65-67-69-76(79)85-74(73-84-86(80,81)83-71-70-77(3,4)5)72-82-75(78)68-66-64-62-60-58-56-54-52-50-48-27-25-23-21-19-17-15-13-11-9-7-2/h8-11,14-17,20-23,26-28,30-31,33-34,36-37,39-40,42-43,48,74H,6-7,12-13,18-19,24-25,29,32,35,38,41,44-47,49-73H2,1-5H3/b10-8-,11-9-,16-14-,17-15-,22-20-,23-21-,28-26-,31-30-,34-33-,37-36-,40-39-,43-42-,48-27-. The van der Waals surface area contributed by atoms with Crippen molar-refractivity contribution >= 4 is 19.8 Å². The molecule has 0 aliphatic carbocycles. The van der Waals surface area contributed by atoms with Gasteiger partial charge in [-0.1, -0.05) is 281 Å². The molecule has 0 N–H and O–H groups in total. The van der Waals surface area contributed by atoms with Crippen molar-refractivity contribution in [1.82, 2.24) is 0 Å². The molecule has 0 bridgehead atoms. The molecule has 488 valence electrons. The number of phosphoric ester groups is 1. The van der Waals surface area contributed by atoms with Crippen molar-refractivity contribution in [3.8, 4) is 0 Å². The maximum absolute atomic E-state index is 12.9. The minimum absolute atomic E-state index is 0.0394. The lowest BCUT2D eigenvalue weighted by molar-refractivity contribution is -0.870. The van der Waals surface area contributed by atoms with E-state index in [0.717, 1.165) is 128 Å². The fourth-order valence-electron chi connectivity index (χ4n) is 8.88. The number of phosphoric acid groups is 1. The molecule has 0 rings (SSSR count). The van der Waals surface area contributed by atoms with E-state index >= 15 is 0 Å². The van der Waals surface area contributed by atoms with Crippen molar-refractivity contribution in [1.29, 1.82) is 0 Å². The predicted octanol–water partition coefficient (Wildman–Crippen LogP) is 21.7. The Bertz CT molecular complexity index is 2010. The highest BCUT2D eigenvalue weighted by molar-refractivity contribution is 7.45. The lowest BCUT2D eigenvalue weighted by Crippen LogP contribution is -2.37. The number of quaternary nitrogens is 1. The number of esters is 2. The number of unbranched alkanes of at least 4 members (excludes halogenated alkanes) is 21. The molecule has 2 unspecified atom stereocenters. The molecule has 0 radical (unpaired) electrons. The molecular formula is C76H126NO8P. The van der Waals surface area contributed by atoms with Gasteiger partial charge < -0.3 is 27.9 Å². The number of ether oxygens (including phenoxy) is 2. The van der Waals surface area contributed by atoms with Gasteiger partial charge in [0.2, 0.25) is 0 Å². The third-order valence-electron chi connectivity index (χ3n) is 14.0. The van der Waals surface area contributed by atoms with Gasteiger partial charge in [-0.3, -0.25) is 14.2 Å². The van der Waals surface area contributed by atoms with E-state index in [0.29, 0.717) is 23.9 Å². The van der Waals surface area contributed by atoms with Crippen molar-refractivity contribution in [3.05, 3.63) is 158 Å². The summed E-state index contributed by atoms with van der Waals surface area (Å²) < 4.78 is 34.3. The maximum atomic E-state index is 12.9. The van der Waals surface area contributed by atoms with Crippen molar-refractivity contribution in [2.45, 2.75) is 264 Å². The van der Waals surface area contributed by atoms with E-state index in [4.69, 9.17) is 18.5 Å². The van der Waals surface area contributed by atoms with Gasteiger partial charge in [-0.15, -0.1) is 0 Å². The van der Waals surface area contributed by atoms with E-state index in [1.54, 1.807) is 0 Å². The average molecular weight is 1210 g/mol. The third-order valence-corrected chi connectivity index (χ3v) is 15.0. The summed E-state index contributed by atoms with van der Waals surface area (Å²) in [6, 6.07) is 0. The largest absolute Gasteiger partial charge is 0.756 e. The molecule has 2 atom stereocenters. The summed E-state index contributed by atoms with van der Waals surface area (Å²) in [4.78, 5) is 38.0. The Morgan fingerprint density at radius 3 is 0.930 bits per heavy atom. The Morgan fingerprint density at radius 2 is 0.628 bits per heavy atom. The van der Waals surface area contributed by atoms with Gasteiger partial charge in [0.05, 0.1) is 27.7 Å². The number of likely N-dealkylation sites (N-methyl/N-ethyl adjacent to an activating group) is 1. The zero-order chi connectivity index (χ0) is 62.6.